The maximum atomic E-state index is 13.6. The Balaban J connectivity index is 1.84. The minimum Gasteiger partial charge on any atom is -0.450 e. The van der Waals surface area contributed by atoms with Gasteiger partial charge >= 0.3 is 0 Å². The van der Waals surface area contributed by atoms with E-state index in [2.05, 4.69) is 0 Å². The maximum absolute atomic E-state index is 13.6. The quantitative estimate of drug-likeness (QED) is 0.482. The summed E-state index contributed by atoms with van der Waals surface area (Å²) in [4.78, 5) is 28.6. The van der Waals surface area contributed by atoms with Crippen molar-refractivity contribution < 1.29 is 9.21 Å². The van der Waals surface area contributed by atoms with E-state index in [0.717, 1.165) is 22.4 Å². The first-order chi connectivity index (χ1) is 14.1. The van der Waals surface area contributed by atoms with Gasteiger partial charge in [0.1, 0.15) is 5.58 Å². The summed E-state index contributed by atoms with van der Waals surface area (Å²) in [6.45, 7) is 3.93. The second-order valence-corrected chi connectivity index (χ2v) is 7.43. The molecule has 0 saturated carbocycles. The van der Waals surface area contributed by atoms with E-state index in [1.807, 2.05) is 86.6 Å². The number of hydrogen-bond donors (Lipinski definition) is 0. The molecule has 0 unspecified atom stereocenters. The Bertz CT molecular complexity index is 1310. The van der Waals surface area contributed by atoms with Gasteiger partial charge in [-0.25, -0.2) is 0 Å². The van der Waals surface area contributed by atoms with Crippen LogP contribution in [0.25, 0.3) is 11.0 Å². The summed E-state index contributed by atoms with van der Waals surface area (Å²) < 4.78 is 6.05. The van der Waals surface area contributed by atoms with Crippen LogP contribution in [0.15, 0.2) is 82.0 Å². The summed E-state index contributed by atoms with van der Waals surface area (Å²) in [5.74, 6) is -0.166. The topological polar surface area (TPSA) is 50.5 Å². The lowest BCUT2D eigenvalue weighted by Gasteiger charge is -2.25. The maximum Gasteiger partial charge on any atom is 0.295 e. The number of fused-ring (bicyclic) bond motifs is 2. The molecule has 1 aliphatic rings. The third-order valence-electron chi connectivity index (χ3n) is 5.64. The predicted octanol–water partition coefficient (Wildman–Crippen LogP) is 5.16. The highest BCUT2D eigenvalue weighted by atomic mass is 16.3. The van der Waals surface area contributed by atoms with Crippen molar-refractivity contribution in [2.24, 2.45) is 0 Å². The first-order valence-electron chi connectivity index (χ1n) is 9.58. The molecule has 0 saturated heterocycles. The average molecular weight is 381 g/mol. The first-order valence-corrected chi connectivity index (χ1v) is 9.58. The van der Waals surface area contributed by atoms with Crippen molar-refractivity contribution in [3.63, 3.8) is 0 Å². The van der Waals surface area contributed by atoms with Gasteiger partial charge in [0, 0.05) is 5.69 Å². The summed E-state index contributed by atoms with van der Waals surface area (Å²) in [6.07, 6.45) is 0. The van der Waals surface area contributed by atoms with Gasteiger partial charge in [0.15, 0.2) is 5.43 Å². The normalized spacial score (nSPS) is 15.7. The van der Waals surface area contributed by atoms with Gasteiger partial charge in [-0.15, -0.1) is 0 Å². The van der Waals surface area contributed by atoms with Crippen LogP contribution in [0.4, 0.5) is 5.69 Å². The monoisotopic (exact) mass is 381 g/mol. The Morgan fingerprint density at radius 1 is 0.828 bits per heavy atom. The van der Waals surface area contributed by atoms with Gasteiger partial charge in [-0.3, -0.25) is 14.5 Å². The molecule has 0 spiro atoms. The van der Waals surface area contributed by atoms with Crippen LogP contribution in [0.2, 0.25) is 0 Å². The van der Waals surface area contributed by atoms with E-state index in [-0.39, 0.29) is 17.1 Å². The number of nitrogens with zero attached hydrogens (tertiary/aromatic N) is 1. The van der Waals surface area contributed by atoms with Gasteiger partial charge < -0.3 is 4.42 Å². The summed E-state index contributed by atoms with van der Waals surface area (Å²) in [7, 11) is 0. The van der Waals surface area contributed by atoms with Crippen molar-refractivity contribution in [1.82, 2.24) is 0 Å². The second kappa shape index (κ2) is 6.45. The number of hydrogen-bond acceptors (Lipinski definition) is 3. The molecule has 5 rings (SSSR count). The van der Waals surface area contributed by atoms with E-state index in [0.29, 0.717) is 16.5 Å². The Hall–Kier alpha value is -3.66. The molecule has 0 fully saturated rings. The van der Waals surface area contributed by atoms with Gasteiger partial charge in [-0.1, -0.05) is 48.5 Å². The Kier molecular flexibility index (Phi) is 3.88. The van der Waals surface area contributed by atoms with Crippen LogP contribution in [0.1, 0.15) is 38.9 Å². The zero-order valence-electron chi connectivity index (χ0n) is 16.2. The highest BCUT2D eigenvalue weighted by Gasteiger charge is 2.43. The molecule has 0 bridgehead atoms. The number of para-hydroxylation sites is 1. The van der Waals surface area contributed by atoms with E-state index >= 15 is 0 Å². The predicted molar refractivity (Wildman–Crippen MR) is 113 cm³/mol. The number of rotatable bonds is 2. The third-order valence-corrected chi connectivity index (χ3v) is 5.64. The molecule has 4 nitrogen and oxygen atoms in total. The molecule has 4 heteroatoms. The molecule has 2 heterocycles. The minimum atomic E-state index is -0.525. The highest BCUT2D eigenvalue weighted by Crippen LogP contribution is 2.41. The van der Waals surface area contributed by atoms with Crippen LogP contribution in [0.5, 0.6) is 0 Å². The SMILES string of the molecule is Cc1cc2oc3c(c(=O)c2cc1C)[C@@H](c1ccccc1)N(c1ccccc1)C3=O. The molecule has 0 N–H and O–H groups in total. The fourth-order valence-corrected chi connectivity index (χ4v) is 4.03. The number of amides is 1. The van der Waals surface area contributed by atoms with Crippen molar-refractivity contribution in [2.75, 3.05) is 4.90 Å². The fraction of sp³-hybridized carbons (Fsp3) is 0.120. The van der Waals surface area contributed by atoms with E-state index in [1.165, 1.54) is 0 Å². The van der Waals surface area contributed by atoms with Gasteiger partial charge in [-0.05, 0) is 54.8 Å². The number of benzene rings is 3. The Morgan fingerprint density at radius 3 is 2.14 bits per heavy atom. The summed E-state index contributed by atoms with van der Waals surface area (Å²) in [5, 5.41) is 0.510. The van der Waals surface area contributed by atoms with Crippen molar-refractivity contribution in [3.8, 4) is 0 Å². The molecule has 1 aliphatic heterocycles. The molecule has 1 aromatic heterocycles. The smallest absolute Gasteiger partial charge is 0.295 e. The summed E-state index contributed by atoms with van der Waals surface area (Å²) in [5.41, 5.74) is 4.35. The molecule has 4 aromatic rings. The fourth-order valence-electron chi connectivity index (χ4n) is 4.03. The molecule has 0 aliphatic carbocycles. The largest absolute Gasteiger partial charge is 0.450 e. The number of carbonyl (C=O) groups is 1. The minimum absolute atomic E-state index is 0.128. The highest BCUT2D eigenvalue weighted by molar-refractivity contribution is 6.10. The average Bonchev–Trinajstić information content (AvgIpc) is 3.04. The lowest BCUT2D eigenvalue weighted by atomic mass is 9.97. The van der Waals surface area contributed by atoms with Crippen LogP contribution < -0.4 is 10.3 Å². The molecule has 142 valence electrons. The van der Waals surface area contributed by atoms with Crippen LogP contribution >= 0.6 is 0 Å². The molecule has 0 radical (unpaired) electrons. The number of carbonyl (C=O) groups excluding carboxylic acids is 1. The lowest BCUT2D eigenvalue weighted by molar-refractivity contribution is 0.0971. The van der Waals surface area contributed by atoms with Crippen molar-refractivity contribution in [1.29, 1.82) is 0 Å². The van der Waals surface area contributed by atoms with Gasteiger partial charge in [-0.2, -0.15) is 0 Å². The Morgan fingerprint density at radius 2 is 1.45 bits per heavy atom. The van der Waals surface area contributed by atoms with Crippen LogP contribution in [0.3, 0.4) is 0 Å². The van der Waals surface area contributed by atoms with Crippen molar-refractivity contribution in [3.05, 3.63) is 111 Å². The molecule has 1 atom stereocenters. The number of anilines is 1. The van der Waals surface area contributed by atoms with Gasteiger partial charge in [0.2, 0.25) is 5.76 Å². The van der Waals surface area contributed by atoms with Crippen molar-refractivity contribution >= 4 is 22.6 Å². The third kappa shape index (κ3) is 2.60. The van der Waals surface area contributed by atoms with E-state index in [1.54, 1.807) is 4.90 Å². The lowest BCUT2D eigenvalue weighted by Crippen LogP contribution is -2.29. The van der Waals surface area contributed by atoms with E-state index < -0.39 is 6.04 Å². The first kappa shape index (κ1) is 17.4. The van der Waals surface area contributed by atoms with E-state index in [4.69, 9.17) is 4.42 Å². The molecule has 3 aromatic carbocycles. The summed E-state index contributed by atoms with van der Waals surface area (Å²) >= 11 is 0. The van der Waals surface area contributed by atoms with Gasteiger partial charge in [0.05, 0.1) is 17.0 Å². The van der Waals surface area contributed by atoms with Crippen LogP contribution in [-0.4, -0.2) is 5.91 Å². The van der Waals surface area contributed by atoms with Crippen LogP contribution in [0, 0.1) is 13.8 Å². The Labute approximate surface area is 168 Å². The van der Waals surface area contributed by atoms with Crippen LogP contribution in [-0.2, 0) is 0 Å². The molecule has 29 heavy (non-hydrogen) atoms. The van der Waals surface area contributed by atoms with Crippen molar-refractivity contribution in [2.45, 2.75) is 19.9 Å². The molecular weight excluding hydrogens is 362 g/mol. The summed E-state index contributed by atoms with van der Waals surface area (Å²) in [6, 6.07) is 22.2. The number of aryl methyl sites for hydroxylation is 2. The molecule has 1 amide bonds. The zero-order chi connectivity index (χ0) is 20.1. The second-order valence-electron chi connectivity index (χ2n) is 7.43. The van der Waals surface area contributed by atoms with Gasteiger partial charge in [0.25, 0.3) is 5.91 Å². The zero-order valence-corrected chi connectivity index (χ0v) is 16.2. The molecular formula is C25H19NO3. The van der Waals surface area contributed by atoms with E-state index in [9.17, 15) is 9.59 Å². The standard InChI is InChI=1S/C25H19NO3/c1-15-13-19-20(14-16(15)2)29-24-21(23(19)27)22(17-9-5-3-6-10-17)26(25(24)28)18-11-7-4-8-12-18/h3-14,22H,1-2H3/t22-/m1/s1.